The van der Waals surface area contributed by atoms with E-state index in [1.54, 1.807) is 0 Å². The number of carboxylic acids is 1. The predicted molar refractivity (Wildman–Crippen MR) is 115 cm³/mol. The molecular weight excluding hydrogens is 334 g/mol. The van der Waals surface area contributed by atoms with Gasteiger partial charge in [0, 0.05) is 13.0 Å². The van der Waals surface area contributed by atoms with Gasteiger partial charge < -0.3 is 5.11 Å². The number of carboxylic acid groups (broad SMARTS) is 1. The fourth-order valence-corrected chi connectivity index (χ4v) is 3.57. The van der Waals surface area contributed by atoms with Crippen LogP contribution in [-0.4, -0.2) is 29.1 Å². The SMILES string of the molecule is CCCCCCCCCCCCCN(CCCC(=O)O)Cc1ccccc1. The van der Waals surface area contributed by atoms with Crippen molar-refractivity contribution in [3.05, 3.63) is 35.9 Å². The Kier molecular flexibility index (Phi) is 14.7. The maximum Gasteiger partial charge on any atom is 0.303 e. The molecule has 3 nitrogen and oxygen atoms in total. The standard InChI is InChI=1S/C24H41NO2/c1-2-3-4-5-6-7-8-9-10-11-15-20-25(21-16-19-24(26)27)22-23-17-13-12-14-18-23/h12-14,17-18H,2-11,15-16,19-22H2,1H3,(H,26,27). The first-order valence-corrected chi connectivity index (χ1v) is 11.2. The highest BCUT2D eigenvalue weighted by Gasteiger charge is 2.07. The molecule has 0 amide bonds. The first-order chi connectivity index (χ1) is 13.2. The van der Waals surface area contributed by atoms with Crippen LogP contribution in [0.1, 0.15) is 96.0 Å². The molecule has 0 bridgehead atoms. The molecule has 0 fully saturated rings. The van der Waals surface area contributed by atoms with Gasteiger partial charge in [0.1, 0.15) is 0 Å². The van der Waals surface area contributed by atoms with Crippen LogP contribution in [0.4, 0.5) is 0 Å². The number of rotatable bonds is 18. The molecule has 0 heterocycles. The van der Waals surface area contributed by atoms with Gasteiger partial charge in [-0.25, -0.2) is 0 Å². The van der Waals surface area contributed by atoms with Crippen molar-refractivity contribution in [3.63, 3.8) is 0 Å². The van der Waals surface area contributed by atoms with Crippen LogP contribution in [0.2, 0.25) is 0 Å². The Morgan fingerprint density at radius 3 is 1.85 bits per heavy atom. The average Bonchev–Trinajstić information content (AvgIpc) is 2.66. The Hall–Kier alpha value is -1.35. The van der Waals surface area contributed by atoms with Gasteiger partial charge in [-0.05, 0) is 31.5 Å². The molecule has 0 aliphatic carbocycles. The summed E-state index contributed by atoms with van der Waals surface area (Å²) in [6.07, 6.45) is 16.0. The van der Waals surface area contributed by atoms with Crippen LogP contribution in [0.25, 0.3) is 0 Å². The van der Waals surface area contributed by atoms with E-state index in [9.17, 15) is 4.79 Å². The summed E-state index contributed by atoms with van der Waals surface area (Å²) in [4.78, 5) is 13.2. The lowest BCUT2D eigenvalue weighted by Gasteiger charge is -2.22. The zero-order chi connectivity index (χ0) is 19.6. The number of hydrogen-bond acceptors (Lipinski definition) is 2. The van der Waals surface area contributed by atoms with Crippen molar-refractivity contribution in [2.45, 2.75) is 96.9 Å². The van der Waals surface area contributed by atoms with Gasteiger partial charge in [0.25, 0.3) is 0 Å². The third-order valence-electron chi connectivity index (χ3n) is 5.19. The van der Waals surface area contributed by atoms with Crippen LogP contribution in [0.15, 0.2) is 30.3 Å². The number of benzene rings is 1. The molecular formula is C24H41NO2. The molecule has 1 aromatic rings. The first-order valence-electron chi connectivity index (χ1n) is 11.2. The fraction of sp³-hybridized carbons (Fsp3) is 0.708. The van der Waals surface area contributed by atoms with Crippen LogP contribution in [0, 0.1) is 0 Å². The van der Waals surface area contributed by atoms with Crippen LogP contribution >= 0.6 is 0 Å². The van der Waals surface area contributed by atoms with E-state index < -0.39 is 5.97 Å². The average molecular weight is 376 g/mol. The predicted octanol–water partition coefficient (Wildman–Crippen LogP) is 6.66. The lowest BCUT2D eigenvalue weighted by atomic mass is 10.1. The lowest BCUT2D eigenvalue weighted by Crippen LogP contribution is -2.26. The van der Waals surface area contributed by atoms with Gasteiger partial charge in [-0.1, -0.05) is 101 Å². The van der Waals surface area contributed by atoms with Crippen molar-refractivity contribution in [1.82, 2.24) is 4.90 Å². The van der Waals surface area contributed by atoms with Gasteiger partial charge in [-0.15, -0.1) is 0 Å². The topological polar surface area (TPSA) is 40.5 Å². The van der Waals surface area contributed by atoms with E-state index in [-0.39, 0.29) is 6.42 Å². The summed E-state index contributed by atoms with van der Waals surface area (Å²) in [6.45, 7) is 5.15. The molecule has 0 saturated heterocycles. The van der Waals surface area contributed by atoms with Crippen LogP contribution < -0.4 is 0 Å². The van der Waals surface area contributed by atoms with Crippen molar-refractivity contribution < 1.29 is 9.90 Å². The van der Waals surface area contributed by atoms with E-state index in [1.165, 1.54) is 76.2 Å². The van der Waals surface area contributed by atoms with Gasteiger partial charge in [0.15, 0.2) is 0 Å². The molecule has 0 aromatic heterocycles. The Morgan fingerprint density at radius 1 is 0.778 bits per heavy atom. The summed E-state index contributed by atoms with van der Waals surface area (Å²) < 4.78 is 0. The Morgan fingerprint density at radius 2 is 1.30 bits per heavy atom. The first kappa shape index (κ1) is 23.7. The minimum atomic E-state index is -0.690. The number of unbranched alkanes of at least 4 members (excludes halogenated alkanes) is 10. The van der Waals surface area contributed by atoms with E-state index in [0.717, 1.165) is 26.1 Å². The second-order valence-electron chi connectivity index (χ2n) is 7.79. The van der Waals surface area contributed by atoms with Gasteiger partial charge in [-0.3, -0.25) is 9.69 Å². The van der Waals surface area contributed by atoms with Gasteiger partial charge in [-0.2, -0.15) is 0 Å². The number of aliphatic carboxylic acids is 1. The number of carbonyl (C=O) groups is 1. The summed E-state index contributed by atoms with van der Waals surface area (Å²) in [7, 11) is 0. The number of hydrogen-bond donors (Lipinski definition) is 1. The van der Waals surface area contributed by atoms with E-state index >= 15 is 0 Å². The maximum absolute atomic E-state index is 10.8. The van der Waals surface area contributed by atoms with Gasteiger partial charge >= 0.3 is 5.97 Å². The van der Waals surface area contributed by atoms with Crippen molar-refractivity contribution in [2.75, 3.05) is 13.1 Å². The molecule has 27 heavy (non-hydrogen) atoms. The molecule has 0 unspecified atom stereocenters. The normalized spacial score (nSPS) is 11.2. The largest absolute Gasteiger partial charge is 0.481 e. The highest BCUT2D eigenvalue weighted by Crippen LogP contribution is 2.13. The zero-order valence-electron chi connectivity index (χ0n) is 17.5. The van der Waals surface area contributed by atoms with Gasteiger partial charge in [0.2, 0.25) is 0 Å². The maximum atomic E-state index is 10.8. The molecule has 0 spiro atoms. The van der Waals surface area contributed by atoms with Gasteiger partial charge in [0.05, 0.1) is 0 Å². The molecule has 0 aliphatic heterocycles. The van der Waals surface area contributed by atoms with Crippen molar-refractivity contribution in [3.8, 4) is 0 Å². The summed E-state index contributed by atoms with van der Waals surface area (Å²) in [5, 5.41) is 8.87. The molecule has 1 rings (SSSR count). The quantitative estimate of drug-likeness (QED) is 0.291. The molecule has 3 heteroatoms. The minimum Gasteiger partial charge on any atom is -0.481 e. The summed E-state index contributed by atoms with van der Waals surface area (Å²) in [5.74, 6) is -0.690. The third-order valence-corrected chi connectivity index (χ3v) is 5.19. The van der Waals surface area contributed by atoms with Crippen LogP contribution in [0.5, 0.6) is 0 Å². The molecule has 1 N–H and O–H groups in total. The molecule has 0 aliphatic rings. The Bertz CT molecular complexity index is 461. The zero-order valence-corrected chi connectivity index (χ0v) is 17.5. The smallest absolute Gasteiger partial charge is 0.303 e. The van der Waals surface area contributed by atoms with Crippen LogP contribution in [-0.2, 0) is 11.3 Å². The number of nitrogens with zero attached hydrogens (tertiary/aromatic N) is 1. The second-order valence-corrected chi connectivity index (χ2v) is 7.79. The van der Waals surface area contributed by atoms with Crippen LogP contribution in [0.3, 0.4) is 0 Å². The van der Waals surface area contributed by atoms with E-state index in [2.05, 4.69) is 36.1 Å². The van der Waals surface area contributed by atoms with Crippen molar-refractivity contribution in [2.24, 2.45) is 0 Å². The molecule has 1 aromatic carbocycles. The third kappa shape index (κ3) is 14.4. The second kappa shape index (κ2) is 16.8. The highest BCUT2D eigenvalue weighted by atomic mass is 16.4. The fourth-order valence-electron chi connectivity index (χ4n) is 3.57. The molecule has 154 valence electrons. The summed E-state index contributed by atoms with van der Waals surface area (Å²) in [5.41, 5.74) is 1.32. The molecule has 0 radical (unpaired) electrons. The minimum absolute atomic E-state index is 0.267. The molecule has 0 saturated carbocycles. The molecule has 0 atom stereocenters. The lowest BCUT2D eigenvalue weighted by molar-refractivity contribution is -0.137. The summed E-state index contributed by atoms with van der Waals surface area (Å²) >= 11 is 0. The Balaban J connectivity index is 2.12. The van der Waals surface area contributed by atoms with Crippen molar-refractivity contribution in [1.29, 1.82) is 0 Å². The monoisotopic (exact) mass is 375 g/mol. The van der Waals surface area contributed by atoms with Crippen molar-refractivity contribution >= 4 is 5.97 Å². The summed E-state index contributed by atoms with van der Waals surface area (Å²) in [6, 6.07) is 10.5. The van der Waals surface area contributed by atoms with E-state index in [1.807, 2.05) is 6.07 Å². The Labute approximate surface area is 167 Å². The van der Waals surface area contributed by atoms with E-state index in [4.69, 9.17) is 5.11 Å². The van der Waals surface area contributed by atoms with E-state index in [0.29, 0.717) is 0 Å². The highest BCUT2D eigenvalue weighted by molar-refractivity contribution is 5.66.